The summed E-state index contributed by atoms with van der Waals surface area (Å²) < 4.78 is 7.38. The van der Waals surface area contributed by atoms with Crippen LogP contribution in [0.3, 0.4) is 0 Å². The van der Waals surface area contributed by atoms with Crippen LogP contribution in [0, 0.1) is 0 Å². The van der Waals surface area contributed by atoms with E-state index in [2.05, 4.69) is 4.98 Å². The summed E-state index contributed by atoms with van der Waals surface area (Å²) in [5.74, 6) is 0.715. The first-order valence-electron chi connectivity index (χ1n) is 6.38. The summed E-state index contributed by atoms with van der Waals surface area (Å²) in [6.07, 6.45) is 2.43. The molecule has 0 saturated carbocycles. The second kappa shape index (κ2) is 4.52. The smallest absolute Gasteiger partial charge is 0.335 e. The maximum Gasteiger partial charge on any atom is 0.335 e. The molecular formula is C15H14N2O3. The maximum atomic E-state index is 11.0. The average Bonchev–Trinajstić information content (AvgIpc) is 3.02. The number of fused-ring (bicyclic) bond motifs is 1. The zero-order valence-electron chi connectivity index (χ0n) is 11.3. The van der Waals surface area contributed by atoms with Crippen LogP contribution in [-0.2, 0) is 13.5 Å². The fraction of sp³-hybridized carbons (Fsp3) is 0.200. The molecule has 3 rings (SSSR count). The number of carboxylic acids is 1. The van der Waals surface area contributed by atoms with Gasteiger partial charge < -0.3 is 14.1 Å². The Bertz CT molecular complexity index is 799. The first-order valence-corrected chi connectivity index (χ1v) is 6.38. The predicted octanol–water partition coefficient (Wildman–Crippen LogP) is 3.09. The molecule has 1 N–H and O–H groups in total. The number of carbonyl (C=O) groups is 1. The van der Waals surface area contributed by atoms with Crippen LogP contribution in [0.15, 0.2) is 34.9 Å². The van der Waals surface area contributed by atoms with Gasteiger partial charge in [-0.1, -0.05) is 6.92 Å². The van der Waals surface area contributed by atoms with Crippen LogP contribution in [0.2, 0.25) is 0 Å². The average molecular weight is 270 g/mol. The largest absolute Gasteiger partial charge is 0.478 e. The summed E-state index contributed by atoms with van der Waals surface area (Å²) in [7, 11) is 1.91. The molecule has 0 bridgehead atoms. The van der Waals surface area contributed by atoms with Gasteiger partial charge in [-0.05, 0) is 24.3 Å². The molecule has 0 atom stereocenters. The minimum absolute atomic E-state index is 0.241. The molecule has 20 heavy (non-hydrogen) atoms. The van der Waals surface area contributed by atoms with Crippen molar-refractivity contribution in [2.24, 2.45) is 7.05 Å². The number of aromatic carboxylic acids is 1. The van der Waals surface area contributed by atoms with Crippen molar-refractivity contribution in [3.05, 3.63) is 41.9 Å². The number of rotatable bonds is 3. The molecular weight excluding hydrogens is 256 g/mol. The normalized spacial score (nSPS) is 11.1. The van der Waals surface area contributed by atoms with E-state index in [1.807, 2.05) is 24.6 Å². The molecule has 0 aliphatic carbocycles. The molecule has 102 valence electrons. The highest BCUT2D eigenvalue weighted by atomic mass is 16.4. The quantitative estimate of drug-likeness (QED) is 0.794. The van der Waals surface area contributed by atoms with Crippen molar-refractivity contribution in [2.45, 2.75) is 13.3 Å². The van der Waals surface area contributed by atoms with Crippen LogP contribution >= 0.6 is 0 Å². The number of nitrogens with zero attached hydrogens (tertiary/aromatic N) is 2. The van der Waals surface area contributed by atoms with E-state index in [4.69, 9.17) is 9.52 Å². The van der Waals surface area contributed by atoms with Crippen LogP contribution < -0.4 is 0 Å². The minimum Gasteiger partial charge on any atom is -0.478 e. The summed E-state index contributed by atoms with van der Waals surface area (Å²) in [5, 5.41) is 9.04. The second-order valence-electron chi connectivity index (χ2n) is 4.61. The number of hydrogen-bond acceptors (Lipinski definition) is 3. The highest BCUT2D eigenvalue weighted by Gasteiger charge is 2.16. The van der Waals surface area contributed by atoms with Crippen molar-refractivity contribution < 1.29 is 14.3 Å². The fourth-order valence-electron chi connectivity index (χ4n) is 2.39. The number of benzene rings is 1. The van der Waals surface area contributed by atoms with E-state index in [1.54, 1.807) is 24.5 Å². The Kier molecular flexibility index (Phi) is 2.82. The van der Waals surface area contributed by atoms with Crippen molar-refractivity contribution in [2.75, 3.05) is 0 Å². The lowest BCUT2D eigenvalue weighted by molar-refractivity contribution is 0.0697. The van der Waals surface area contributed by atoms with Gasteiger partial charge in [0.25, 0.3) is 0 Å². The van der Waals surface area contributed by atoms with Gasteiger partial charge in [-0.3, -0.25) is 0 Å². The summed E-state index contributed by atoms with van der Waals surface area (Å²) in [4.78, 5) is 15.6. The van der Waals surface area contributed by atoms with Crippen molar-refractivity contribution in [3.8, 4) is 11.4 Å². The number of imidazole rings is 1. The van der Waals surface area contributed by atoms with Gasteiger partial charge in [-0.2, -0.15) is 0 Å². The van der Waals surface area contributed by atoms with Crippen molar-refractivity contribution in [1.82, 2.24) is 9.55 Å². The van der Waals surface area contributed by atoms with Crippen molar-refractivity contribution in [1.29, 1.82) is 0 Å². The Morgan fingerprint density at radius 3 is 2.90 bits per heavy atom. The Hall–Kier alpha value is -2.56. The SMILES string of the molecule is CCc1occc1-c1nc2cc(C(=O)O)ccc2n1C. The van der Waals surface area contributed by atoms with Gasteiger partial charge in [0.05, 0.1) is 28.4 Å². The van der Waals surface area contributed by atoms with E-state index in [-0.39, 0.29) is 5.56 Å². The molecule has 0 unspecified atom stereocenters. The Morgan fingerprint density at radius 2 is 2.20 bits per heavy atom. The van der Waals surface area contributed by atoms with Crippen molar-refractivity contribution in [3.63, 3.8) is 0 Å². The molecule has 2 heterocycles. The third-order valence-corrected chi connectivity index (χ3v) is 3.44. The zero-order chi connectivity index (χ0) is 14.3. The van der Waals surface area contributed by atoms with E-state index in [0.29, 0.717) is 5.52 Å². The van der Waals surface area contributed by atoms with E-state index in [1.165, 1.54) is 0 Å². The first kappa shape index (κ1) is 12.5. The number of furan rings is 1. The topological polar surface area (TPSA) is 68.3 Å². The summed E-state index contributed by atoms with van der Waals surface area (Å²) >= 11 is 0. The van der Waals surface area contributed by atoms with Crippen LogP contribution in [-0.4, -0.2) is 20.6 Å². The Morgan fingerprint density at radius 1 is 1.40 bits per heavy atom. The van der Waals surface area contributed by atoms with Gasteiger partial charge in [-0.25, -0.2) is 9.78 Å². The lowest BCUT2D eigenvalue weighted by atomic mass is 10.2. The predicted molar refractivity (Wildman–Crippen MR) is 74.8 cm³/mol. The van der Waals surface area contributed by atoms with E-state index < -0.39 is 5.97 Å². The number of aryl methyl sites for hydroxylation is 2. The third-order valence-electron chi connectivity index (χ3n) is 3.44. The van der Waals surface area contributed by atoms with Crippen LogP contribution in [0.4, 0.5) is 0 Å². The van der Waals surface area contributed by atoms with E-state index in [0.717, 1.165) is 29.1 Å². The van der Waals surface area contributed by atoms with Crippen LogP contribution in [0.5, 0.6) is 0 Å². The highest BCUT2D eigenvalue weighted by Crippen LogP contribution is 2.28. The molecule has 0 amide bonds. The lowest BCUT2D eigenvalue weighted by Gasteiger charge is -2.01. The highest BCUT2D eigenvalue weighted by molar-refractivity contribution is 5.93. The van der Waals surface area contributed by atoms with Gasteiger partial charge in [0.2, 0.25) is 0 Å². The first-order chi connectivity index (χ1) is 9.61. The second-order valence-corrected chi connectivity index (χ2v) is 4.61. The standard InChI is InChI=1S/C15H14N2O3/c1-3-13-10(6-7-20-13)14-16-11-8-9(15(18)19)4-5-12(11)17(14)2/h4-8H,3H2,1-2H3,(H,18,19). The van der Waals surface area contributed by atoms with Gasteiger partial charge in [0.15, 0.2) is 0 Å². The molecule has 0 aliphatic heterocycles. The molecule has 0 saturated heterocycles. The molecule has 5 nitrogen and oxygen atoms in total. The molecule has 0 radical (unpaired) electrons. The van der Waals surface area contributed by atoms with Gasteiger partial charge in [0, 0.05) is 13.5 Å². The number of carboxylic acid groups (broad SMARTS) is 1. The lowest BCUT2D eigenvalue weighted by Crippen LogP contribution is -1.96. The number of aromatic nitrogens is 2. The van der Waals surface area contributed by atoms with Crippen LogP contribution in [0.25, 0.3) is 22.4 Å². The van der Waals surface area contributed by atoms with Gasteiger partial charge >= 0.3 is 5.97 Å². The molecule has 0 spiro atoms. The van der Waals surface area contributed by atoms with E-state index in [9.17, 15) is 4.79 Å². The monoisotopic (exact) mass is 270 g/mol. The van der Waals surface area contributed by atoms with Gasteiger partial charge in [-0.15, -0.1) is 0 Å². The summed E-state index contributed by atoms with van der Waals surface area (Å²) in [5.41, 5.74) is 2.76. The minimum atomic E-state index is -0.948. The Balaban J connectivity index is 2.22. The number of hydrogen-bond donors (Lipinski definition) is 1. The molecule has 5 heteroatoms. The van der Waals surface area contributed by atoms with Gasteiger partial charge in [0.1, 0.15) is 11.6 Å². The molecule has 0 fully saturated rings. The summed E-state index contributed by atoms with van der Waals surface area (Å²) in [6.45, 7) is 2.02. The Labute approximate surface area is 115 Å². The molecule has 0 aliphatic rings. The maximum absolute atomic E-state index is 11.0. The van der Waals surface area contributed by atoms with Crippen LogP contribution in [0.1, 0.15) is 23.0 Å². The molecule has 1 aromatic carbocycles. The fourth-order valence-corrected chi connectivity index (χ4v) is 2.39. The summed E-state index contributed by atoms with van der Waals surface area (Å²) in [6, 6.07) is 6.85. The third kappa shape index (κ3) is 1.79. The zero-order valence-corrected chi connectivity index (χ0v) is 11.3. The molecule has 2 aromatic heterocycles. The molecule has 3 aromatic rings. The van der Waals surface area contributed by atoms with Crippen molar-refractivity contribution >= 4 is 17.0 Å². The van der Waals surface area contributed by atoms with E-state index >= 15 is 0 Å².